The van der Waals surface area contributed by atoms with Gasteiger partial charge in [-0.1, -0.05) is 13.3 Å². The minimum atomic E-state index is -0.893. The van der Waals surface area contributed by atoms with Crippen LogP contribution in [-0.4, -0.2) is 17.4 Å². The summed E-state index contributed by atoms with van der Waals surface area (Å²) in [7, 11) is 0. The van der Waals surface area contributed by atoms with Crippen LogP contribution in [0.1, 0.15) is 32.3 Å². The highest BCUT2D eigenvalue weighted by molar-refractivity contribution is 7.80. The molecule has 0 atom stereocenters. The van der Waals surface area contributed by atoms with Crippen molar-refractivity contribution >= 4 is 23.0 Å². The van der Waals surface area contributed by atoms with E-state index >= 15 is 0 Å². The molecule has 0 fully saturated rings. The Labute approximate surface area is 117 Å². The van der Waals surface area contributed by atoms with Crippen molar-refractivity contribution in [2.75, 3.05) is 6.54 Å². The molecule has 0 heterocycles. The lowest BCUT2D eigenvalue weighted by Crippen LogP contribution is -2.33. The standard InChI is InChI=1S/C13H17F2N3S/c1-3-4-7-16-13(19)18-17-9(2)10-5-6-11(14)12(15)8-10/h5-6,8H,3-4,7H2,1-2H3,(H2,16,18,19)/b17-9-. The van der Waals surface area contributed by atoms with E-state index in [1.165, 1.54) is 6.07 Å². The average molecular weight is 285 g/mol. The van der Waals surface area contributed by atoms with Gasteiger partial charge in [-0.25, -0.2) is 8.78 Å². The van der Waals surface area contributed by atoms with Gasteiger partial charge in [-0.2, -0.15) is 5.10 Å². The molecular formula is C13H17F2N3S. The monoisotopic (exact) mass is 285 g/mol. The fourth-order valence-corrected chi connectivity index (χ4v) is 1.49. The highest BCUT2D eigenvalue weighted by Gasteiger charge is 2.04. The van der Waals surface area contributed by atoms with Crippen molar-refractivity contribution in [3.05, 3.63) is 35.4 Å². The van der Waals surface area contributed by atoms with Gasteiger partial charge in [0.1, 0.15) is 0 Å². The summed E-state index contributed by atoms with van der Waals surface area (Å²) in [5.74, 6) is -1.77. The van der Waals surface area contributed by atoms with Crippen molar-refractivity contribution in [3.8, 4) is 0 Å². The van der Waals surface area contributed by atoms with Crippen molar-refractivity contribution in [2.24, 2.45) is 5.10 Å². The normalized spacial score (nSPS) is 11.3. The van der Waals surface area contributed by atoms with Crippen LogP contribution in [0.15, 0.2) is 23.3 Å². The van der Waals surface area contributed by atoms with E-state index in [0.29, 0.717) is 16.4 Å². The Morgan fingerprint density at radius 3 is 2.68 bits per heavy atom. The van der Waals surface area contributed by atoms with Crippen LogP contribution in [-0.2, 0) is 0 Å². The third kappa shape index (κ3) is 5.30. The van der Waals surface area contributed by atoms with Crippen molar-refractivity contribution < 1.29 is 8.78 Å². The molecule has 0 unspecified atom stereocenters. The number of nitrogens with zero attached hydrogens (tertiary/aromatic N) is 1. The van der Waals surface area contributed by atoms with Crippen molar-refractivity contribution in [1.29, 1.82) is 0 Å². The van der Waals surface area contributed by atoms with Gasteiger partial charge in [0.15, 0.2) is 16.7 Å². The van der Waals surface area contributed by atoms with Crippen LogP contribution in [0.2, 0.25) is 0 Å². The predicted octanol–water partition coefficient (Wildman–Crippen LogP) is 2.95. The summed E-state index contributed by atoms with van der Waals surface area (Å²) in [4.78, 5) is 0. The van der Waals surface area contributed by atoms with E-state index in [0.717, 1.165) is 31.5 Å². The summed E-state index contributed by atoms with van der Waals surface area (Å²) in [6.07, 6.45) is 2.10. The molecule has 1 rings (SSSR count). The second kappa shape index (κ2) is 7.78. The molecule has 0 spiro atoms. The number of hydrazone groups is 1. The van der Waals surface area contributed by atoms with Crippen LogP contribution in [0, 0.1) is 11.6 Å². The highest BCUT2D eigenvalue weighted by Crippen LogP contribution is 2.09. The first-order valence-electron chi connectivity index (χ1n) is 6.08. The molecule has 0 amide bonds. The van der Waals surface area contributed by atoms with Crippen molar-refractivity contribution in [1.82, 2.24) is 10.7 Å². The minimum absolute atomic E-state index is 0.412. The van der Waals surface area contributed by atoms with E-state index in [9.17, 15) is 8.78 Å². The maximum atomic E-state index is 13.1. The van der Waals surface area contributed by atoms with Gasteiger partial charge < -0.3 is 5.32 Å². The smallest absolute Gasteiger partial charge is 0.186 e. The Hall–Kier alpha value is -1.56. The molecule has 0 bridgehead atoms. The highest BCUT2D eigenvalue weighted by atomic mass is 32.1. The van der Waals surface area contributed by atoms with Gasteiger partial charge in [0.25, 0.3) is 0 Å². The number of hydrogen-bond donors (Lipinski definition) is 2. The summed E-state index contributed by atoms with van der Waals surface area (Å²) in [6, 6.07) is 3.64. The van der Waals surface area contributed by atoms with Crippen molar-refractivity contribution in [3.63, 3.8) is 0 Å². The Bertz CT molecular complexity index is 475. The first kappa shape index (κ1) is 15.5. The molecule has 1 aromatic carbocycles. The van der Waals surface area contributed by atoms with Crippen LogP contribution in [0.25, 0.3) is 0 Å². The molecule has 0 aliphatic carbocycles. The van der Waals surface area contributed by atoms with Gasteiger partial charge in [0.05, 0.1) is 5.71 Å². The largest absolute Gasteiger partial charge is 0.361 e. The first-order valence-corrected chi connectivity index (χ1v) is 6.49. The van der Waals surface area contributed by atoms with E-state index in [2.05, 4.69) is 22.8 Å². The van der Waals surface area contributed by atoms with Crippen LogP contribution in [0.3, 0.4) is 0 Å². The van der Waals surface area contributed by atoms with Crippen LogP contribution in [0.4, 0.5) is 8.78 Å². The zero-order chi connectivity index (χ0) is 14.3. The Balaban J connectivity index is 2.56. The Morgan fingerprint density at radius 2 is 2.05 bits per heavy atom. The third-order valence-corrected chi connectivity index (χ3v) is 2.71. The van der Waals surface area contributed by atoms with E-state index < -0.39 is 11.6 Å². The number of unbranched alkanes of at least 4 members (excludes halogenated alkanes) is 1. The quantitative estimate of drug-likeness (QED) is 0.378. The predicted molar refractivity (Wildman–Crippen MR) is 77.2 cm³/mol. The summed E-state index contributed by atoms with van der Waals surface area (Å²) in [5.41, 5.74) is 3.69. The lowest BCUT2D eigenvalue weighted by molar-refractivity contribution is 0.508. The van der Waals surface area contributed by atoms with Crippen LogP contribution in [0.5, 0.6) is 0 Å². The fraction of sp³-hybridized carbons (Fsp3) is 0.385. The average Bonchev–Trinajstić information content (AvgIpc) is 2.39. The van der Waals surface area contributed by atoms with E-state index in [1.807, 2.05) is 0 Å². The number of hydrogen-bond acceptors (Lipinski definition) is 2. The lowest BCUT2D eigenvalue weighted by Gasteiger charge is -2.07. The maximum Gasteiger partial charge on any atom is 0.186 e. The summed E-state index contributed by atoms with van der Waals surface area (Å²) >= 11 is 5.02. The number of thiocarbonyl (C=S) groups is 1. The van der Waals surface area contributed by atoms with Gasteiger partial charge in [0, 0.05) is 12.1 Å². The van der Waals surface area contributed by atoms with Gasteiger partial charge in [-0.15, -0.1) is 0 Å². The van der Waals surface area contributed by atoms with E-state index in [-0.39, 0.29) is 0 Å². The maximum absolute atomic E-state index is 13.1. The van der Waals surface area contributed by atoms with Gasteiger partial charge >= 0.3 is 0 Å². The number of benzene rings is 1. The molecule has 0 aromatic heterocycles. The molecule has 3 nitrogen and oxygen atoms in total. The molecule has 2 N–H and O–H groups in total. The molecular weight excluding hydrogens is 268 g/mol. The SMILES string of the molecule is CCCCNC(=S)N/N=C(/C)c1ccc(F)c(F)c1. The molecule has 104 valence electrons. The van der Waals surface area contributed by atoms with Gasteiger partial charge in [-0.3, -0.25) is 5.43 Å². The van der Waals surface area contributed by atoms with Gasteiger partial charge in [0.2, 0.25) is 0 Å². The minimum Gasteiger partial charge on any atom is -0.361 e. The van der Waals surface area contributed by atoms with Crippen molar-refractivity contribution in [2.45, 2.75) is 26.7 Å². The Morgan fingerprint density at radius 1 is 1.32 bits per heavy atom. The number of rotatable bonds is 5. The molecule has 0 aliphatic rings. The third-order valence-electron chi connectivity index (χ3n) is 2.48. The molecule has 0 saturated heterocycles. The first-order chi connectivity index (χ1) is 9.04. The van der Waals surface area contributed by atoms with Crippen LogP contribution >= 0.6 is 12.2 Å². The molecule has 0 aliphatic heterocycles. The van der Waals surface area contributed by atoms with Gasteiger partial charge in [-0.05, 0) is 43.8 Å². The fourth-order valence-electron chi connectivity index (χ4n) is 1.34. The zero-order valence-corrected chi connectivity index (χ0v) is 11.8. The molecule has 19 heavy (non-hydrogen) atoms. The summed E-state index contributed by atoms with van der Waals surface area (Å²) in [5, 5.41) is 7.42. The van der Waals surface area contributed by atoms with Crippen LogP contribution < -0.4 is 10.7 Å². The summed E-state index contributed by atoms with van der Waals surface area (Å²) in [6.45, 7) is 4.56. The van der Waals surface area contributed by atoms with E-state index in [4.69, 9.17) is 12.2 Å². The Kier molecular flexibility index (Phi) is 6.35. The number of halogens is 2. The molecule has 1 aromatic rings. The zero-order valence-electron chi connectivity index (χ0n) is 11.0. The summed E-state index contributed by atoms with van der Waals surface area (Å²) < 4.78 is 25.8. The molecule has 0 saturated carbocycles. The second-order valence-corrected chi connectivity index (χ2v) is 4.46. The number of nitrogens with one attached hydrogen (secondary N) is 2. The lowest BCUT2D eigenvalue weighted by atomic mass is 10.1. The van der Waals surface area contributed by atoms with E-state index in [1.54, 1.807) is 6.92 Å². The topological polar surface area (TPSA) is 36.4 Å². The molecule has 6 heteroatoms. The second-order valence-electron chi connectivity index (χ2n) is 4.05. The molecule has 0 radical (unpaired) electrons.